The summed E-state index contributed by atoms with van der Waals surface area (Å²) in [5.74, 6) is 1.05. The van der Waals surface area contributed by atoms with Crippen molar-refractivity contribution in [2.75, 3.05) is 24.2 Å². The molecule has 2 aromatic rings. The maximum atomic E-state index is 12.5. The average molecular weight is 376 g/mol. The molecule has 26 heavy (non-hydrogen) atoms. The Morgan fingerprint density at radius 2 is 1.81 bits per heavy atom. The molecule has 0 aromatic heterocycles. The van der Waals surface area contributed by atoms with E-state index in [0.29, 0.717) is 36.0 Å². The van der Waals surface area contributed by atoms with E-state index in [1.54, 1.807) is 18.2 Å². The second-order valence-corrected chi connectivity index (χ2v) is 7.80. The van der Waals surface area contributed by atoms with Crippen molar-refractivity contribution in [2.45, 2.75) is 13.0 Å². The van der Waals surface area contributed by atoms with Crippen LogP contribution in [0.1, 0.15) is 28.9 Å². The number of carbonyl (C=O) groups is 1. The van der Waals surface area contributed by atoms with Gasteiger partial charge in [-0.1, -0.05) is 12.1 Å². The first-order valence-corrected chi connectivity index (χ1v) is 9.99. The molecule has 0 bridgehead atoms. The van der Waals surface area contributed by atoms with E-state index in [1.165, 1.54) is 6.07 Å². The third-order valence-corrected chi connectivity index (χ3v) is 4.45. The molecule has 1 aliphatic rings. The van der Waals surface area contributed by atoms with Crippen LogP contribution in [0, 0.1) is 0 Å². The Bertz CT molecular complexity index is 927. The van der Waals surface area contributed by atoms with E-state index in [4.69, 9.17) is 9.47 Å². The molecule has 0 unspecified atom stereocenters. The van der Waals surface area contributed by atoms with Gasteiger partial charge in [-0.3, -0.25) is 9.52 Å². The van der Waals surface area contributed by atoms with Crippen molar-refractivity contribution in [2.24, 2.45) is 0 Å². The molecular weight excluding hydrogens is 356 g/mol. The highest BCUT2D eigenvalue weighted by atomic mass is 32.2. The molecule has 1 amide bonds. The van der Waals surface area contributed by atoms with Crippen LogP contribution in [0.25, 0.3) is 0 Å². The molecule has 3 rings (SSSR count). The predicted octanol–water partition coefficient (Wildman–Crippen LogP) is 2.32. The van der Waals surface area contributed by atoms with Gasteiger partial charge in [-0.15, -0.1) is 0 Å². The monoisotopic (exact) mass is 376 g/mol. The molecule has 138 valence electrons. The van der Waals surface area contributed by atoms with Gasteiger partial charge in [0.05, 0.1) is 12.3 Å². The minimum Gasteiger partial charge on any atom is -0.486 e. The smallest absolute Gasteiger partial charge is 0.251 e. The summed E-state index contributed by atoms with van der Waals surface area (Å²) in [6.07, 6.45) is 1.06. The molecule has 0 fully saturated rings. The fraction of sp³-hybridized carbons (Fsp3) is 0.278. The molecule has 1 atom stereocenters. The zero-order valence-electron chi connectivity index (χ0n) is 14.5. The first kappa shape index (κ1) is 18.1. The summed E-state index contributed by atoms with van der Waals surface area (Å²) in [5.41, 5.74) is 1.59. The number of sulfonamides is 1. The zero-order valence-corrected chi connectivity index (χ0v) is 15.3. The highest BCUT2D eigenvalue weighted by Crippen LogP contribution is 2.32. The number of carbonyl (C=O) groups excluding carboxylic acids is 1. The molecule has 0 saturated carbocycles. The first-order chi connectivity index (χ1) is 12.3. The van der Waals surface area contributed by atoms with Crippen LogP contribution in [0.2, 0.25) is 0 Å². The van der Waals surface area contributed by atoms with Crippen molar-refractivity contribution in [3.63, 3.8) is 0 Å². The van der Waals surface area contributed by atoms with Crippen LogP contribution < -0.4 is 19.5 Å². The molecule has 0 aliphatic carbocycles. The Morgan fingerprint density at radius 3 is 2.54 bits per heavy atom. The summed E-state index contributed by atoms with van der Waals surface area (Å²) in [6.45, 7) is 2.88. The SMILES string of the molecule is C[C@@H](NC(=O)c1cccc(NS(C)(=O)=O)c1)c1ccc2c(c1)OCCO2. The Balaban J connectivity index is 1.72. The Labute approximate surface area is 152 Å². The lowest BCUT2D eigenvalue weighted by molar-refractivity contribution is 0.0939. The maximum absolute atomic E-state index is 12.5. The molecule has 1 heterocycles. The van der Waals surface area contributed by atoms with Gasteiger partial charge in [0.15, 0.2) is 11.5 Å². The maximum Gasteiger partial charge on any atom is 0.251 e. The van der Waals surface area contributed by atoms with Crippen LogP contribution in [-0.2, 0) is 10.0 Å². The third kappa shape index (κ3) is 4.45. The highest BCUT2D eigenvalue weighted by Gasteiger charge is 2.17. The number of hydrogen-bond acceptors (Lipinski definition) is 5. The predicted molar refractivity (Wildman–Crippen MR) is 98.2 cm³/mol. The van der Waals surface area contributed by atoms with Gasteiger partial charge in [-0.05, 0) is 42.8 Å². The standard InChI is InChI=1S/C18H20N2O5S/c1-12(13-6-7-16-17(11-13)25-9-8-24-16)19-18(21)14-4-3-5-15(10-14)20-26(2,22)23/h3-7,10-12,20H,8-9H2,1-2H3,(H,19,21)/t12-/m1/s1. The van der Waals surface area contributed by atoms with Gasteiger partial charge in [0.2, 0.25) is 10.0 Å². The number of rotatable bonds is 5. The topological polar surface area (TPSA) is 93.7 Å². The molecule has 2 aromatic carbocycles. The Kier molecular flexibility index (Phi) is 5.03. The number of fused-ring (bicyclic) bond motifs is 1. The summed E-state index contributed by atoms with van der Waals surface area (Å²) in [7, 11) is -3.40. The van der Waals surface area contributed by atoms with Crippen LogP contribution in [0.5, 0.6) is 11.5 Å². The van der Waals surface area contributed by atoms with Gasteiger partial charge in [-0.2, -0.15) is 0 Å². The summed E-state index contributed by atoms with van der Waals surface area (Å²) in [6, 6.07) is 11.6. The van der Waals surface area contributed by atoms with Crippen LogP contribution in [0.3, 0.4) is 0 Å². The van der Waals surface area contributed by atoms with Crippen LogP contribution in [-0.4, -0.2) is 33.8 Å². The van der Waals surface area contributed by atoms with E-state index in [2.05, 4.69) is 10.0 Å². The van der Waals surface area contributed by atoms with E-state index in [0.717, 1.165) is 11.8 Å². The minimum atomic E-state index is -3.40. The third-order valence-electron chi connectivity index (χ3n) is 3.84. The quantitative estimate of drug-likeness (QED) is 0.835. The molecule has 1 aliphatic heterocycles. The van der Waals surface area contributed by atoms with Crippen molar-refractivity contribution in [3.05, 3.63) is 53.6 Å². The summed E-state index contributed by atoms with van der Waals surface area (Å²) >= 11 is 0. The fourth-order valence-electron chi connectivity index (χ4n) is 2.63. The lowest BCUT2D eigenvalue weighted by atomic mass is 10.1. The second kappa shape index (κ2) is 7.25. The van der Waals surface area contributed by atoms with Gasteiger partial charge in [0.1, 0.15) is 13.2 Å². The fourth-order valence-corrected chi connectivity index (χ4v) is 3.19. The summed E-state index contributed by atoms with van der Waals surface area (Å²) in [4.78, 5) is 12.5. The number of ether oxygens (including phenoxy) is 2. The van der Waals surface area contributed by atoms with Crippen LogP contribution >= 0.6 is 0 Å². The molecular formula is C18H20N2O5S. The van der Waals surface area contributed by atoms with Gasteiger partial charge in [0, 0.05) is 11.3 Å². The summed E-state index contributed by atoms with van der Waals surface area (Å²) < 4.78 is 36.1. The zero-order chi connectivity index (χ0) is 18.7. The van der Waals surface area contributed by atoms with Crippen molar-refractivity contribution >= 4 is 21.6 Å². The van der Waals surface area contributed by atoms with E-state index in [9.17, 15) is 13.2 Å². The summed E-state index contributed by atoms with van der Waals surface area (Å²) in [5, 5.41) is 2.90. The average Bonchev–Trinajstić information content (AvgIpc) is 2.60. The van der Waals surface area contributed by atoms with E-state index in [-0.39, 0.29) is 11.9 Å². The van der Waals surface area contributed by atoms with Crippen molar-refractivity contribution in [1.29, 1.82) is 0 Å². The number of amides is 1. The Hall–Kier alpha value is -2.74. The molecule has 8 heteroatoms. The Morgan fingerprint density at radius 1 is 1.08 bits per heavy atom. The minimum absolute atomic E-state index is 0.259. The lowest BCUT2D eigenvalue weighted by Gasteiger charge is -2.21. The molecule has 0 radical (unpaired) electrons. The van der Waals surface area contributed by atoms with E-state index < -0.39 is 10.0 Å². The van der Waals surface area contributed by atoms with Gasteiger partial charge >= 0.3 is 0 Å². The van der Waals surface area contributed by atoms with Crippen molar-refractivity contribution in [1.82, 2.24) is 5.32 Å². The van der Waals surface area contributed by atoms with Gasteiger partial charge in [-0.25, -0.2) is 8.42 Å². The molecule has 0 spiro atoms. The number of hydrogen-bond donors (Lipinski definition) is 2. The van der Waals surface area contributed by atoms with Gasteiger partial charge in [0.25, 0.3) is 5.91 Å². The van der Waals surface area contributed by atoms with Gasteiger partial charge < -0.3 is 14.8 Å². The number of nitrogens with one attached hydrogen (secondary N) is 2. The van der Waals surface area contributed by atoms with Crippen LogP contribution in [0.4, 0.5) is 5.69 Å². The molecule has 7 nitrogen and oxygen atoms in total. The second-order valence-electron chi connectivity index (χ2n) is 6.05. The normalized spacial score (nSPS) is 14.4. The lowest BCUT2D eigenvalue weighted by Crippen LogP contribution is -2.27. The van der Waals surface area contributed by atoms with Crippen molar-refractivity contribution < 1.29 is 22.7 Å². The van der Waals surface area contributed by atoms with E-state index >= 15 is 0 Å². The van der Waals surface area contributed by atoms with Crippen molar-refractivity contribution in [3.8, 4) is 11.5 Å². The largest absolute Gasteiger partial charge is 0.486 e. The van der Waals surface area contributed by atoms with E-state index in [1.807, 2.05) is 25.1 Å². The van der Waals surface area contributed by atoms with Crippen LogP contribution in [0.15, 0.2) is 42.5 Å². The number of anilines is 1. The molecule has 2 N–H and O–H groups in total. The first-order valence-electron chi connectivity index (χ1n) is 8.10. The number of benzene rings is 2. The molecule has 0 saturated heterocycles. The highest BCUT2D eigenvalue weighted by molar-refractivity contribution is 7.92.